The normalized spacial score (nSPS) is 11.2. The number of methoxy groups -OCH3 is 1. The molecule has 0 N–H and O–H groups in total. The van der Waals surface area contributed by atoms with E-state index in [0.29, 0.717) is 16.7 Å². The molecule has 0 bridgehead atoms. The molecular formula is C27H31NO4. The fourth-order valence-electron chi connectivity index (χ4n) is 3.95. The molecule has 0 radical (unpaired) electrons. The summed E-state index contributed by atoms with van der Waals surface area (Å²) in [6.07, 6.45) is 6.50. The molecule has 0 aliphatic heterocycles. The second kappa shape index (κ2) is 10.8. The first kappa shape index (κ1) is 23.3. The number of nitrogens with zero attached hydrogens (tertiary/aromatic N) is 1. The van der Waals surface area contributed by atoms with Crippen LogP contribution in [0.2, 0.25) is 0 Å². The third-order valence-electron chi connectivity index (χ3n) is 5.52. The summed E-state index contributed by atoms with van der Waals surface area (Å²) in [6.45, 7) is 8.33. The van der Waals surface area contributed by atoms with E-state index in [9.17, 15) is 9.59 Å². The Hall–Kier alpha value is -3.34. The van der Waals surface area contributed by atoms with Crippen LogP contribution in [0.5, 0.6) is 0 Å². The van der Waals surface area contributed by atoms with Crippen LogP contribution in [-0.4, -0.2) is 26.2 Å². The summed E-state index contributed by atoms with van der Waals surface area (Å²) in [5, 5.41) is 0.962. The second-order valence-corrected chi connectivity index (χ2v) is 7.75. The molecular weight excluding hydrogens is 402 g/mol. The number of carbonyl (C=O) groups excluding carboxylic acids is 1. The Morgan fingerprint density at radius 3 is 2.28 bits per heavy atom. The number of carbonyl (C=O) groups is 1. The van der Waals surface area contributed by atoms with E-state index >= 15 is 0 Å². The molecule has 168 valence electrons. The molecule has 1 aromatic heterocycles. The molecule has 0 saturated heterocycles. The van der Waals surface area contributed by atoms with Gasteiger partial charge in [0.15, 0.2) is 0 Å². The van der Waals surface area contributed by atoms with Crippen molar-refractivity contribution in [3.8, 4) is 0 Å². The minimum Gasteiger partial charge on any atom is -0.465 e. The summed E-state index contributed by atoms with van der Waals surface area (Å²) in [5.74, 6) is -0.375. The van der Waals surface area contributed by atoms with Crippen molar-refractivity contribution >= 4 is 34.8 Å². The molecule has 3 rings (SSSR count). The molecule has 0 spiro atoms. The lowest BCUT2D eigenvalue weighted by Crippen LogP contribution is -2.24. The topological polar surface area (TPSA) is 59.8 Å². The van der Waals surface area contributed by atoms with Crippen molar-refractivity contribution < 1.29 is 13.9 Å². The molecule has 2 aromatic carbocycles. The first-order valence-electron chi connectivity index (χ1n) is 11.2. The average molecular weight is 434 g/mol. The van der Waals surface area contributed by atoms with Crippen molar-refractivity contribution in [2.45, 2.75) is 40.0 Å². The van der Waals surface area contributed by atoms with E-state index in [0.717, 1.165) is 54.6 Å². The predicted molar refractivity (Wildman–Crippen MR) is 131 cm³/mol. The molecule has 0 fully saturated rings. The molecule has 32 heavy (non-hydrogen) atoms. The van der Waals surface area contributed by atoms with Gasteiger partial charge in [-0.25, -0.2) is 9.59 Å². The summed E-state index contributed by atoms with van der Waals surface area (Å²) in [7, 11) is 1.36. The maximum absolute atomic E-state index is 12.9. The Bertz CT molecular complexity index is 1150. The highest BCUT2D eigenvalue weighted by atomic mass is 16.5. The minimum atomic E-state index is -0.375. The highest BCUT2D eigenvalue weighted by Crippen LogP contribution is 2.27. The van der Waals surface area contributed by atoms with E-state index in [2.05, 4.69) is 30.9 Å². The van der Waals surface area contributed by atoms with Gasteiger partial charge in [-0.15, -0.1) is 0 Å². The molecule has 0 amide bonds. The van der Waals surface area contributed by atoms with Crippen molar-refractivity contribution in [3.63, 3.8) is 0 Å². The predicted octanol–water partition coefficient (Wildman–Crippen LogP) is 5.94. The second-order valence-electron chi connectivity index (χ2n) is 7.75. The Labute approximate surface area is 189 Å². The number of benzene rings is 2. The number of rotatable bonds is 9. The number of hydrogen-bond acceptors (Lipinski definition) is 5. The lowest BCUT2D eigenvalue weighted by molar-refractivity contribution is 0.0600. The third-order valence-corrected chi connectivity index (χ3v) is 5.52. The van der Waals surface area contributed by atoms with Gasteiger partial charge in [-0.3, -0.25) is 0 Å². The van der Waals surface area contributed by atoms with Crippen molar-refractivity contribution in [1.29, 1.82) is 0 Å². The van der Waals surface area contributed by atoms with Crippen LogP contribution in [-0.2, 0) is 11.2 Å². The van der Waals surface area contributed by atoms with Crippen LogP contribution >= 0.6 is 0 Å². The van der Waals surface area contributed by atoms with Crippen LogP contribution in [0.3, 0.4) is 0 Å². The summed E-state index contributed by atoms with van der Waals surface area (Å²) < 4.78 is 10.5. The Balaban J connectivity index is 1.98. The lowest BCUT2D eigenvalue weighted by atomic mass is 10.0. The molecule has 3 aromatic rings. The zero-order chi connectivity index (χ0) is 23.1. The smallest absolute Gasteiger partial charge is 0.343 e. The summed E-state index contributed by atoms with van der Waals surface area (Å²) in [5.41, 5.74) is 4.27. The van der Waals surface area contributed by atoms with E-state index in [1.807, 2.05) is 31.2 Å². The fraction of sp³-hybridized carbons (Fsp3) is 0.333. The van der Waals surface area contributed by atoms with E-state index in [1.165, 1.54) is 7.11 Å². The number of esters is 1. The molecule has 5 nitrogen and oxygen atoms in total. The Kier molecular flexibility index (Phi) is 7.87. The van der Waals surface area contributed by atoms with Gasteiger partial charge in [0.25, 0.3) is 0 Å². The van der Waals surface area contributed by atoms with Gasteiger partial charge in [0.1, 0.15) is 5.58 Å². The summed E-state index contributed by atoms with van der Waals surface area (Å²) >= 11 is 0. The van der Waals surface area contributed by atoms with E-state index in [4.69, 9.17) is 9.15 Å². The standard InChI is InChI=1S/C27H31NO4/c1-5-16-28(17-6-2)21-13-15-23-22(7-3)24(27(30)32-25(23)18-21)14-10-19-8-11-20(12-9-19)26(29)31-4/h8-15,18H,5-7,16-17H2,1-4H3/b14-10+. The Morgan fingerprint density at radius 2 is 1.69 bits per heavy atom. The van der Waals surface area contributed by atoms with Crippen LogP contribution in [0.4, 0.5) is 5.69 Å². The van der Waals surface area contributed by atoms with Crippen LogP contribution in [0, 0.1) is 0 Å². The number of aryl methyl sites for hydroxylation is 1. The minimum absolute atomic E-state index is 0.341. The molecule has 5 heteroatoms. The van der Waals surface area contributed by atoms with E-state index in [1.54, 1.807) is 18.2 Å². The first-order chi connectivity index (χ1) is 15.5. The van der Waals surface area contributed by atoms with Gasteiger partial charge in [-0.1, -0.05) is 39.0 Å². The maximum Gasteiger partial charge on any atom is 0.343 e. The molecule has 0 saturated carbocycles. The lowest BCUT2D eigenvalue weighted by Gasteiger charge is -2.24. The highest BCUT2D eigenvalue weighted by molar-refractivity contribution is 5.90. The van der Waals surface area contributed by atoms with Gasteiger partial charge >= 0.3 is 11.6 Å². The van der Waals surface area contributed by atoms with Gasteiger partial charge in [0.05, 0.1) is 18.2 Å². The molecule has 0 atom stereocenters. The van der Waals surface area contributed by atoms with E-state index < -0.39 is 0 Å². The zero-order valence-electron chi connectivity index (χ0n) is 19.3. The summed E-state index contributed by atoms with van der Waals surface area (Å²) in [4.78, 5) is 26.8. The van der Waals surface area contributed by atoms with Gasteiger partial charge < -0.3 is 14.1 Å². The fourth-order valence-corrected chi connectivity index (χ4v) is 3.95. The van der Waals surface area contributed by atoms with Gasteiger partial charge in [-0.2, -0.15) is 0 Å². The van der Waals surface area contributed by atoms with Crippen molar-refractivity contribution in [1.82, 2.24) is 0 Å². The van der Waals surface area contributed by atoms with Crippen molar-refractivity contribution in [2.75, 3.05) is 25.1 Å². The van der Waals surface area contributed by atoms with Crippen molar-refractivity contribution in [2.24, 2.45) is 0 Å². The molecule has 0 unspecified atom stereocenters. The van der Waals surface area contributed by atoms with Gasteiger partial charge in [-0.05, 0) is 60.7 Å². The number of anilines is 1. The zero-order valence-corrected chi connectivity index (χ0v) is 19.3. The largest absolute Gasteiger partial charge is 0.465 e. The van der Waals surface area contributed by atoms with Crippen LogP contribution in [0.25, 0.3) is 23.1 Å². The third kappa shape index (κ3) is 5.10. The van der Waals surface area contributed by atoms with Gasteiger partial charge in [0, 0.05) is 30.2 Å². The van der Waals surface area contributed by atoms with Crippen LogP contribution < -0.4 is 10.5 Å². The maximum atomic E-state index is 12.9. The molecule has 1 heterocycles. The Morgan fingerprint density at radius 1 is 1.00 bits per heavy atom. The number of fused-ring (bicyclic) bond motifs is 1. The van der Waals surface area contributed by atoms with Crippen molar-refractivity contribution in [3.05, 3.63) is 75.1 Å². The average Bonchev–Trinajstić information content (AvgIpc) is 2.81. The summed E-state index contributed by atoms with van der Waals surface area (Å²) in [6, 6.07) is 13.2. The monoisotopic (exact) mass is 433 g/mol. The quantitative estimate of drug-likeness (QED) is 0.309. The first-order valence-corrected chi connectivity index (χ1v) is 11.2. The van der Waals surface area contributed by atoms with Gasteiger partial charge in [0.2, 0.25) is 0 Å². The van der Waals surface area contributed by atoms with Crippen LogP contribution in [0.1, 0.15) is 60.7 Å². The molecule has 0 aliphatic carbocycles. The number of hydrogen-bond donors (Lipinski definition) is 0. The van der Waals surface area contributed by atoms with E-state index in [-0.39, 0.29) is 11.6 Å². The number of ether oxygens (including phenoxy) is 1. The highest BCUT2D eigenvalue weighted by Gasteiger charge is 2.14. The SMILES string of the molecule is CCCN(CCC)c1ccc2c(CC)c(/C=C/c3ccc(C(=O)OC)cc3)c(=O)oc2c1. The molecule has 0 aliphatic rings. The van der Waals surface area contributed by atoms with Crippen LogP contribution in [0.15, 0.2) is 51.7 Å².